The third kappa shape index (κ3) is 2.84. The summed E-state index contributed by atoms with van der Waals surface area (Å²) < 4.78 is 5.94. The highest BCUT2D eigenvalue weighted by Crippen LogP contribution is 2.39. The molecule has 2 aliphatic heterocycles. The molecule has 1 aromatic carbocycles. The van der Waals surface area contributed by atoms with E-state index in [1.54, 1.807) is 0 Å². The number of likely N-dealkylation sites (tertiary alicyclic amines) is 2. The van der Waals surface area contributed by atoms with Crippen LogP contribution in [0, 0.1) is 13.8 Å². The second-order valence-electron chi connectivity index (χ2n) is 7.77. The van der Waals surface area contributed by atoms with Crippen molar-refractivity contribution in [2.75, 3.05) is 20.1 Å². The number of likely N-dealkylation sites (N-methyl/N-ethyl adjacent to an activating group) is 1. The van der Waals surface area contributed by atoms with Gasteiger partial charge in [0.15, 0.2) is 0 Å². The number of hydrogen-bond acceptors (Lipinski definition) is 4. The first-order valence-electron chi connectivity index (χ1n) is 9.53. The number of carbonyl (C=O) groups is 1. The van der Waals surface area contributed by atoms with E-state index in [0.29, 0.717) is 12.4 Å². The van der Waals surface area contributed by atoms with Gasteiger partial charge in [-0.05, 0) is 58.2 Å². The van der Waals surface area contributed by atoms with Gasteiger partial charge in [-0.15, -0.1) is 0 Å². The van der Waals surface area contributed by atoms with Gasteiger partial charge in [0.25, 0.3) is 0 Å². The molecule has 2 saturated heterocycles. The average Bonchev–Trinajstić information content (AvgIpc) is 3.19. The summed E-state index contributed by atoms with van der Waals surface area (Å²) in [7, 11) is 1.93. The van der Waals surface area contributed by atoms with E-state index in [2.05, 4.69) is 24.0 Å². The van der Waals surface area contributed by atoms with Crippen LogP contribution in [0.4, 0.5) is 0 Å². The van der Waals surface area contributed by atoms with E-state index < -0.39 is 0 Å². The van der Waals surface area contributed by atoms with Gasteiger partial charge in [-0.2, -0.15) is 0 Å². The van der Waals surface area contributed by atoms with Crippen LogP contribution in [0.3, 0.4) is 0 Å². The van der Waals surface area contributed by atoms with Gasteiger partial charge in [-0.25, -0.2) is 4.98 Å². The number of piperidine rings is 1. The Labute approximate surface area is 155 Å². The molecule has 0 aliphatic carbocycles. The van der Waals surface area contributed by atoms with E-state index in [1.165, 1.54) is 5.56 Å². The Balaban J connectivity index is 1.59. The zero-order chi connectivity index (χ0) is 18.3. The van der Waals surface area contributed by atoms with Crippen LogP contribution in [0.1, 0.15) is 42.7 Å². The third-order valence-electron chi connectivity index (χ3n) is 5.98. The summed E-state index contributed by atoms with van der Waals surface area (Å²) in [5, 5.41) is 0. The Kier molecular flexibility index (Phi) is 4.35. The van der Waals surface area contributed by atoms with Gasteiger partial charge >= 0.3 is 0 Å². The van der Waals surface area contributed by atoms with Gasteiger partial charge in [0.1, 0.15) is 11.3 Å². The molecule has 1 aromatic heterocycles. The van der Waals surface area contributed by atoms with Crippen LogP contribution in [0.25, 0.3) is 11.5 Å². The van der Waals surface area contributed by atoms with Crippen LogP contribution in [0.2, 0.25) is 0 Å². The number of hydrogen-bond donors (Lipinski definition) is 0. The van der Waals surface area contributed by atoms with E-state index in [4.69, 9.17) is 9.40 Å². The lowest BCUT2D eigenvalue weighted by atomic mass is 9.85. The summed E-state index contributed by atoms with van der Waals surface area (Å²) in [5.74, 6) is 1.79. The topological polar surface area (TPSA) is 49.6 Å². The molecular formula is C21H27N3O2. The standard InChI is InChI=1S/C21H27N3O2/c1-15-6-8-17(9-7-15)19-22-18(16(2)26-19)14-24-13-5-11-21(24)10-4-12-23(3)20(21)25/h6-9H,4-5,10-14H2,1-3H3. The number of oxazole rings is 1. The Hall–Kier alpha value is -2.14. The van der Waals surface area contributed by atoms with Gasteiger partial charge in [-0.1, -0.05) is 17.7 Å². The number of aromatic nitrogens is 1. The van der Waals surface area contributed by atoms with Crippen molar-refractivity contribution < 1.29 is 9.21 Å². The van der Waals surface area contributed by atoms with Crippen molar-refractivity contribution in [3.05, 3.63) is 41.3 Å². The molecule has 3 heterocycles. The van der Waals surface area contributed by atoms with Crippen LogP contribution in [-0.4, -0.2) is 46.4 Å². The SMILES string of the molecule is Cc1ccc(-c2nc(CN3CCCC34CCCN(C)C4=O)c(C)o2)cc1. The number of rotatable bonds is 3. The van der Waals surface area contributed by atoms with Crippen molar-refractivity contribution >= 4 is 5.91 Å². The molecule has 5 heteroatoms. The zero-order valence-corrected chi connectivity index (χ0v) is 15.9. The maximum atomic E-state index is 12.9. The lowest BCUT2D eigenvalue weighted by molar-refractivity contribution is -0.146. The smallest absolute Gasteiger partial charge is 0.242 e. The number of aryl methyl sites for hydroxylation is 2. The summed E-state index contributed by atoms with van der Waals surface area (Å²) in [4.78, 5) is 21.9. The summed E-state index contributed by atoms with van der Waals surface area (Å²) in [6, 6.07) is 8.23. The summed E-state index contributed by atoms with van der Waals surface area (Å²) in [6.45, 7) is 6.54. The van der Waals surface area contributed by atoms with E-state index in [-0.39, 0.29) is 11.4 Å². The van der Waals surface area contributed by atoms with E-state index in [9.17, 15) is 4.79 Å². The number of amides is 1. The minimum atomic E-state index is -0.331. The summed E-state index contributed by atoms with van der Waals surface area (Å²) in [6.07, 6.45) is 4.06. The van der Waals surface area contributed by atoms with Crippen LogP contribution in [0.5, 0.6) is 0 Å². The van der Waals surface area contributed by atoms with E-state index in [1.807, 2.05) is 31.0 Å². The molecular weight excluding hydrogens is 326 g/mol. The maximum Gasteiger partial charge on any atom is 0.242 e. The van der Waals surface area contributed by atoms with Crippen molar-refractivity contribution in [2.45, 2.75) is 51.6 Å². The van der Waals surface area contributed by atoms with Crippen molar-refractivity contribution in [3.63, 3.8) is 0 Å². The first kappa shape index (κ1) is 17.3. The monoisotopic (exact) mass is 353 g/mol. The Morgan fingerprint density at radius 2 is 1.81 bits per heavy atom. The van der Waals surface area contributed by atoms with Crippen LogP contribution < -0.4 is 0 Å². The molecule has 0 bridgehead atoms. The predicted molar refractivity (Wildman–Crippen MR) is 101 cm³/mol. The van der Waals surface area contributed by atoms with Gasteiger partial charge in [0, 0.05) is 25.7 Å². The Bertz CT molecular complexity index is 811. The largest absolute Gasteiger partial charge is 0.441 e. The number of benzene rings is 1. The second-order valence-corrected chi connectivity index (χ2v) is 7.77. The fourth-order valence-electron chi connectivity index (χ4n) is 4.44. The minimum absolute atomic E-state index is 0.279. The molecule has 4 rings (SSSR count). The predicted octanol–water partition coefficient (Wildman–Crippen LogP) is 3.55. The third-order valence-corrected chi connectivity index (χ3v) is 5.98. The summed E-state index contributed by atoms with van der Waals surface area (Å²) >= 11 is 0. The zero-order valence-electron chi connectivity index (χ0n) is 15.9. The van der Waals surface area contributed by atoms with Gasteiger partial charge < -0.3 is 9.32 Å². The highest BCUT2D eigenvalue weighted by Gasteiger charge is 2.50. The first-order valence-corrected chi connectivity index (χ1v) is 9.53. The molecule has 2 aromatic rings. The molecule has 0 saturated carbocycles. The maximum absolute atomic E-state index is 12.9. The highest BCUT2D eigenvalue weighted by atomic mass is 16.4. The Morgan fingerprint density at radius 3 is 2.54 bits per heavy atom. The van der Waals surface area contributed by atoms with Gasteiger partial charge in [0.05, 0.1) is 5.69 Å². The van der Waals surface area contributed by atoms with Gasteiger partial charge in [0.2, 0.25) is 11.8 Å². The summed E-state index contributed by atoms with van der Waals surface area (Å²) in [5.41, 5.74) is 2.83. The fourth-order valence-corrected chi connectivity index (χ4v) is 4.44. The molecule has 0 radical (unpaired) electrons. The molecule has 1 atom stereocenters. The van der Waals surface area contributed by atoms with Crippen molar-refractivity contribution in [2.24, 2.45) is 0 Å². The lowest BCUT2D eigenvalue weighted by Gasteiger charge is -2.43. The number of carbonyl (C=O) groups excluding carboxylic acids is 1. The van der Waals surface area contributed by atoms with Gasteiger partial charge in [-0.3, -0.25) is 9.69 Å². The quantitative estimate of drug-likeness (QED) is 0.847. The first-order chi connectivity index (χ1) is 12.5. The van der Waals surface area contributed by atoms with Crippen LogP contribution in [0.15, 0.2) is 28.7 Å². The molecule has 5 nitrogen and oxygen atoms in total. The van der Waals surface area contributed by atoms with Crippen molar-refractivity contribution in [1.29, 1.82) is 0 Å². The highest BCUT2D eigenvalue weighted by molar-refractivity contribution is 5.87. The minimum Gasteiger partial charge on any atom is -0.441 e. The fraction of sp³-hybridized carbons (Fsp3) is 0.524. The molecule has 2 fully saturated rings. The molecule has 0 N–H and O–H groups in total. The lowest BCUT2D eigenvalue weighted by Crippen LogP contribution is -2.58. The van der Waals surface area contributed by atoms with Crippen molar-refractivity contribution in [1.82, 2.24) is 14.8 Å². The van der Waals surface area contributed by atoms with Crippen LogP contribution in [-0.2, 0) is 11.3 Å². The molecule has 1 unspecified atom stereocenters. The average molecular weight is 353 g/mol. The van der Waals surface area contributed by atoms with Crippen molar-refractivity contribution in [3.8, 4) is 11.5 Å². The molecule has 138 valence electrons. The van der Waals surface area contributed by atoms with Crippen LogP contribution >= 0.6 is 0 Å². The Morgan fingerprint density at radius 1 is 1.12 bits per heavy atom. The molecule has 1 spiro atoms. The van der Waals surface area contributed by atoms with E-state index >= 15 is 0 Å². The molecule has 26 heavy (non-hydrogen) atoms. The van der Waals surface area contributed by atoms with E-state index in [0.717, 1.165) is 55.8 Å². The molecule has 1 amide bonds. The second kappa shape index (κ2) is 6.54. The normalized spacial score (nSPS) is 24.0. The molecule has 2 aliphatic rings. The number of nitrogens with zero attached hydrogens (tertiary/aromatic N) is 3.